The van der Waals surface area contributed by atoms with E-state index in [0.717, 1.165) is 17.5 Å². The highest BCUT2D eigenvalue weighted by molar-refractivity contribution is 8.13. The summed E-state index contributed by atoms with van der Waals surface area (Å²) in [6, 6.07) is -0.315. The van der Waals surface area contributed by atoms with Crippen LogP contribution in [0.5, 0.6) is 0 Å². The molecule has 12 heavy (non-hydrogen) atoms. The van der Waals surface area contributed by atoms with Gasteiger partial charge in [0.1, 0.15) is 0 Å². The molecule has 0 aliphatic heterocycles. The third-order valence-electron chi connectivity index (χ3n) is 1.37. The Balaban J connectivity index is 3.84. The first-order chi connectivity index (χ1) is 5.76. The highest BCUT2D eigenvalue weighted by Crippen LogP contribution is 2.07. The van der Waals surface area contributed by atoms with E-state index < -0.39 is 0 Å². The molecular weight excluding hydrogens is 194 g/mol. The first kappa shape index (κ1) is 11.8. The van der Waals surface area contributed by atoms with Crippen LogP contribution >= 0.6 is 23.5 Å². The van der Waals surface area contributed by atoms with Gasteiger partial charge in [0.05, 0.1) is 6.04 Å². The Morgan fingerprint density at radius 3 is 2.67 bits per heavy atom. The Morgan fingerprint density at radius 1 is 1.58 bits per heavy atom. The maximum atomic E-state index is 11.1. The lowest BCUT2D eigenvalue weighted by Crippen LogP contribution is -2.34. The third kappa shape index (κ3) is 4.66. The van der Waals surface area contributed by atoms with Crippen LogP contribution in [0.1, 0.15) is 6.42 Å². The van der Waals surface area contributed by atoms with E-state index >= 15 is 0 Å². The molecule has 0 radical (unpaired) electrons. The predicted molar refractivity (Wildman–Crippen MR) is 54.5 cm³/mol. The molecule has 1 atom stereocenters. The lowest BCUT2D eigenvalue weighted by atomic mass is 10.2. The smallest absolute Gasteiger partial charge is 0.210 e. The first-order valence-corrected chi connectivity index (χ1v) is 6.14. The summed E-state index contributed by atoms with van der Waals surface area (Å²) >= 11 is 2.82. The first-order valence-electron chi connectivity index (χ1n) is 3.52. The van der Waals surface area contributed by atoms with Crippen molar-refractivity contribution in [3.05, 3.63) is 0 Å². The summed E-state index contributed by atoms with van der Waals surface area (Å²) in [6.45, 7) is 0. The quantitative estimate of drug-likeness (QED) is 0.653. The topological polar surface area (TPSA) is 46.2 Å². The van der Waals surface area contributed by atoms with Crippen LogP contribution in [-0.4, -0.2) is 35.8 Å². The fourth-order valence-corrected chi connectivity index (χ4v) is 1.67. The van der Waals surface area contributed by atoms with Gasteiger partial charge in [-0.05, 0) is 24.7 Å². The van der Waals surface area contributed by atoms with E-state index in [1.54, 1.807) is 18.0 Å². The van der Waals surface area contributed by atoms with Crippen LogP contribution in [0.25, 0.3) is 0 Å². The van der Waals surface area contributed by atoms with Gasteiger partial charge in [0, 0.05) is 0 Å². The van der Waals surface area contributed by atoms with Crippen LogP contribution in [0.15, 0.2) is 0 Å². The molecule has 0 aromatic heterocycles. The Morgan fingerprint density at radius 2 is 2.25 bits per heavy atom. The van der Waals surface area contributed by atoms with Crippen LogP contribution in [0.4, 0.5) is 0 Å². The maximum absolute atomic E-state index is 11.1. The van der Waals surface area contributed by atoms with Crippen molar-refractivity contribution in [2.24, 2.45) is 0 Å². The molecule has 0 unspecified atom stereocenters. The van der Waals surface area contributed by atoms with Crippen molar-refractivity contribution in [2.45, 2.75) is 12.5 Å². The van der Waals surface area contributed by atoms with Crippen molar-refractivity contribution in [2.75, 3.05) is 18.3 Å². The van der Waals surface area contributed by atoms with E-state index in [1.165, 1.54) is 0 Å². The SMILES string of the molecule is CSCC[C@H](NC=O)C(=O)SC. The Labute approximate surface area is 81.0 Å². The number of thioether (sulfide) groups is 2. The van der Waals surface area contributed by atoms with Gasteiger partial charge in [-0.15, -0.1) is 0 Å². The van der Waals surface area contributed by atoms with Gasteiger partial charge in [0.15, 0.2) is 0 Å². The lowest BCUT2D eigenvalue weighted by molar-refractivity contribution is -0.117. The molecule has 70 valence electrons. The monoisotopic (exact) mass is 207 g/mol. The average Bonchev–Trinajstić information content (AvgIpc) is 2.11. The summed E-state index contributed by atoms with van der Waals surface area (Å²) in [4.78, 5) is 21.3. The summed E-state index contributed by atoms with van der Waals surface area (Å²) in [6.07, 6.45) is 4.99. The molecule has 0 spiro atoms. The van der Waals surface area contributed by atoms with Crippen LogP contribution in [0.3, 0.4) is 0 Å². The van der Waals surface area contributed by atoms with Crippen molar-refractivity contribution in [1.82, 2.24) is 5.32 Å². The molecule has 0 aromatic carbocycles. The molecule has 0 aliphatic carbocycles. The van der Waals surface area contributed by atoms with Crippen molar-refractivity contribution in [3.8, 4) is 0 Å². The molecule has 0 bridgehead atoms. The molecular formula is C7H13NO2S2. The van der Waals surface area contributed by atoms with Crippen LogP contribution in [-0.2, 0) is 9.59 Å². The molecule has 0 fully saturated rings. The number of carbonyl (C=O) groups excluding carboxylic acids is 2. The molecule has 0 rings (SSSR count). The molecule has 1 amide bonds. The zero-order valence-corrected chi connectivity index (χ0v) is 8.83. The second-order valence-electron chi connectivity index (χ2n) is 2.14. The van der Waals surface area contributed by atoms with Crippen molar-refractivity contribution in [3.63, 3.8) is 0 Å². The lowest BCUT2D eigenvalue weighted by Gasteiger charge is -2.11. The largest absolute Gasteiger partial charge is 0.348 e. The number of hydrogen-bond acceptors (Lipinski definition) is 4. The van der Waals surface area contributed by atoms with E-state index in [1.807, 2.05) is 6.26 Å². The van der Waals surface area contributed by atoms with Crippen LogP contribution in [0.2, 0.25) is 0 Å². The summed E-state index contributed by atoms with van der Waals surface area (Å²) < 4.78 is 0. The van der Waals surface area contributed by atoms with Crippen LogP contribution in [0, 0.1) is 0 Å². The number of nitrogens with one attached hydrogen (secondary N) is 1. The Hall–Kier alpha value is -0.160. The molecule has 3 nitrogen and oxygen atoms in total. The number of hydrogen-bond donors (Lipinski definition) is 1. The second-order valence-corrected chi connectivity index (χ2v) is 3.94. The molecule has 0 aromatic rings. The van der Waals surface area contributed by atoms with E-state index in [2.05, 4.69) is 5.32 Å². The molecule has 0 aliphatic rings. The number of carbonyl (C=O) groups is 2. The van der Waals surface area contributed by atoms with E-state index in [4.69, 9.17) is 0 Å². The molecule has 5 heteroatoms. The van der Waals surface area contributed by atoms with Crippen molar-refractivity contribution in [1.29, 1.82) is 0 Å². The van der Waals surface area contributed by atoms with E-state index in [0.29, 0.717) is 12.8 Å². The Kier molecular flexibility index (Phi) is 7.39. The fourth-order valence-electron chi connectivity index (χ4n) is 0.729. The fraction of sp³-hybridized carbons (Fsp3) is 0.714. The summed E-state index contributed by atoms with van der Waals surface area (Å²) in [5.41, 5.74) is 0. The van der Waals surface area contributed by atoms with Gasteiger partial charge < -0.3 is 5.32 Å². The normalized spacial score (nSPS) is 12.2. The van der Waals surface area contributed by atoms with Gasteiger partial charge in [-0.25, -0.2) is 0 Å². The molecule has 1 N–H and O–H groups in total. The predicted octanol–water partition coefficient (Wildman–Crippen LogP) is 0.744. The van der Waals surface area contributed by atoms with E-state index in [-0.39, 0.29) is 11.2 Å². The minimum Gasteiger partial charge on any atom is -0.348 e. The molecule has 0 saturated carbocycles. The maximum Gasteiger partial charge on any atom is 0.210 e. The number of amides is 1. The van der Waals surface area contributed by atoms with Gasteiger partial charge in [0.2, 0.25) is 11.5 Å². The summed E-state index contributed by atoms with van der Waals surface area (Å²) in [5, 5.41) is 2.53. The summed E-state index contributed by atoms with van der Waals surface area (Å²) in [7, 11) is 0. The highest BCUT2D eigenvalue weighted by atomic mass is 32.2. The minimum absolute atomic E-state index is 0.0242. The average molecular weight is 207 g/mol. The Bertz CT molecular complexity index is 152. The second kappa shape index (κ2) is 7.49. The molecule has 0 saturated heterocycles. The van der Waals surface area contributed by atoms with Gasteiger partial charge in [0.25, 0.3) is 0 Å². The van der Waals surface area contributed by atoms with Crippen molar-refractivity contribution >= 4 is 35.0 Å². The van der Waals surface area contributed by atoms with Crippen LogP contribution < -0.4 is 5.32 Å². The third-order valence-corrected chi connectivity index (χ3v) is 2.70. The zero-order chi connectivity index (χ0) is 9.40. The standard InChI is InChI=1S/C7H13NO2S2/c1-11-4-3-6(8-5-9)7(10)12-2/h5-6H,3-4H2,1-2H3,(H,8,9)/t6-/m0/s1. The summed E-state index contributed by atoms with van der Waals surface area (Å²) in [5.74, 6) is 0.887. The molecule has 0 heterocycles. The van der Waals surface area contributed by atoms with Gasteiger partial charge >= 0.3 is 0 Å². The van der Waals surface area contributed by atoms with Crippen molar-refractivity contribution < 1.29 is 9.59 Å². The zero-order valence-electron chi connectivity index (χ0n) is 7.20. The minimum atomic E-state index is -0.315. The number of rotatable bonds is 6. The van der Waals surface area contributed by atoms with E-state index in [9.17, 15) is 9.59 Å². The van der Waals surface area contributed by atoms with Gasteiger partial charge in [-0.2, -0.15) is 11.8 Å². The highest BCUT2D eigenvalue weighted by Gasteiger charge is 2.15. The van der Waals surface area contributed by atoms with Gasteiger partial charge in [-0.3, -0.25) is 9.59 Å². The van der Waals surface area contributed by atoms with Gasteiger partial charge in [-0.1, -0.05) is 11.8 Å².